The molecule has 0 radical (unpaired) electrons. The molecule has 11 rings (SSSR count). The van der Waals surface area contributed by atoms with Crippen LogP contribution in [0.25, 0.3) is 34.1 Å². The van der Waals surface area contributed by atoms with Crippen molar-refractivity contribution in [1.29, 1.82) is 0 Å². The van der Waals surface area contributed by atoms with Crippen molar-refractivity contribution < 1.29 is 0 Å². The van der Waals surface area contributed by atoms with Crippen LogP contribution in [0.3, 0.4) is 0 Å². The van der Waals surface area contributed by atoms with E-state index in [2.05, 4.69) is 212 Å². The summed E-state index contributed by atoms with van der Waals surface area (Å²) in [5.74, 6) is 0.338. The van der Waals surface area contributed by atoms with E-state index in [9.17, 15) is 0 Å². The topological polar surface area (TPSA) is 6.48 Å². The van der Waals surface area contributed by atoms with Gasteiger partial charge in [-0.05, 0) is 136 Å². The van der Waals surface area contributed by atoms with Gasteiger partial charge in [-0.15, -0.1) is 0 Å². The Labute approximate surface area is 362 Å². The highest BCUT2D eigenvalue weighted by Gasteiger charge is 2.37. The van der Waals surface area contributed by atoms with E-state index < -0.39 is 0 Å². The average molecular weight is 791 g/mol. The first kappa shape index (κ1) is 38.6. The third kappa shape index (κ3) is 6.85. The Morgan fingerprint density at radius 1 is 0.508 bits per heavy atom. The van der Waals surface area contributed by atoms with Gasteiger partial charge >= 0.3 is 0 Å². The average Bonchev–Trinajstić information content (AvgIpc) is 3.55. The minimum Gasteiger partial charge on any atom is -0.310 e. The summed E-state index contributed by atoms with van der Waals surface area (Å²) in [7, 11) is 0. The van der Waals surface area contributed by atoms with Gasteiger partial charge < -0.3 is 9.80 Å². The summed E-state index contributed by atoms with van der Waals surface area (Å²) in [6.45, 7) is 8.83. The molecule has 0 heterocycles. The van der Waals surface area contributed by atoms with Crippen molar-refractivity contribution in [3.8, 4) is 11.1 Å². The van der Waals surface area contributed by atoms with Crippen molar-refractivity contribution in [1.82, 2.24) is 0 Å². The molecule has 7 aromatic carbocycles. The summed E-state index contributed by atoms with van der Waals surface area (Å²) in [6.07, 6.45) is 21.9. The number of allylic oxidation sites excluding steroid dienone is 5. The summed E-state index contributed by atoms with van der Waals surface area (Å²) in [5, 5.41) is 2.59. The van der Waals surface area contributed by atoms with Crippen LogP contribution in [0.4, 0.5) is 28.4 Å². The number of hydrogen-bond acceptors (Lipinski definition) is 2. The molecule has 0 saturated carbocycles. The number of nitrogens with zero attached hydrogens (tertiary/aromatic N) is 2. The summed E-state index contributed by atoms with van der Waals surface area (Å²) >= 11 is 0. The van der Waals surface area contributed by atoms with Crippen molar-refractivity contribution >= 4 is 51.4 Å². The number of fused-ring (bicyclic) bond motifs is 6. The normalized spacial score (nSPS) is 16.4. The van der Waals surface area contributed by atoms with Crippen LogP contribution < -0.4 is 9.80 Å². The van der Waals surface area contributed by atoms with E-state index >= 15 is 0 Å². The largest absolute Gasteiger partial charge is 0.310 e. The van der Waals surface area contributed by atoms with Gasteiger partial charge in [0.05, 0.1) is 11.4 Å². The maximum Gasteiger partial charge on any atom is 0.0536 e. The van der Waals surface area contributed by atoms with Crippen molar-refractivity contribution in [2.24, 2.45) is 0 Å². The predicted molar refractivity (Wildman–Crippen MR) is 262 cm³/mol. The Hall–Kier alpha value is -6.64. The van der Waals surface area contributed by atoms with Gasteiger partial charge in [-0.2, -0.15) is 0 Å². The lowest BCUT2D eigenvalue weighted by Gasteiger charge is -2.33. The summed E-state index contributed by atoms with van der Waals surface area (Å²) < 4.78 is 0. The fourth-order valence-electron chi connectivity index (χ4n) is 10.2. The van der Waals surface area contributed by atoms with E-state index in [0.29, 0.717) is 5.92 Å². The minimum absolute atomic E-state index is 0.214. The lowest BCUT2D eigenvalue weighted by molar-refractivity contribution is 0.660. The van der Waals surface area contributed by atoms with E-state index in [1.54, 1.807) is 0 Å². The number of para-hydroxylation sites is 1. The fraction of sp³-hybridized carbons (Fsp3) is 0.186. The van der Waals surface area contributed by atoms with E-state index in [1.165, 1.54) is 95.0 Å². The first-order chi connectivity index (χ1) is 30.0. The smallest absolute Gasteiger partial charge is 0.0536 e. The van der Waals surface area contributed by atoms with Gasteiger partial charge in [0.1, 0.15) is 0 Å². The van der Waals surface area contributed by atoms with Crippen LogP contribution in [0.5, 0.6) is 0 Å². The summed E-state index contributed by atoms with van der Waals surface area (Å²) in [4.78, 5) is 4.98. The molecule has 0 saturated heterocycles. The molecule has 7 aromatic rings. The molecule has 4 aliphatic carbocycles. The molecular formula is C59H54N2. The molecule has 1 unspecified atom stereocenters. The zero-order chi connectivity index (χ0) is 41.5. The maximum atomic E-state index is 2.52. The number of aryl methyl sites for hydroxylation is 2. The Bertz CT molecular complexity index is 2900. The SMILES string of the molecule is CC.CC1(C)c2cc(N(C3=CCC(c4ccc5ccccc5c4)C=C3)c3cccc4c3C=CCC4)ccc2-c2ccc(N(c3ccccc3)c3cccc4c3C=CCC4)cc21. The molecular weight excluding hydrogens is 737 g/mol. The molecule has 2 nitrogen and oxygen atoms in total. The van der Waals surface area contributed by atoms with Gasteiger partial charge in [-0.3, -0.25) is 0 Å². The van der Waals surface area contributed by atoms with Crippen LogP contribution >= 0.6 is 0 Å². The Morgan fingerprint density at radius 3 is 1.72 bits per heavy atom. The van der Waals surface area contributed by atoms with E-state index in [0.717, 1.165) is 32.1 Å². The summed E-state index contributed by atoms with van der Waals surface area (Å²) in [6, 6.07) is 54.5. The van der Waals surface area contributed by atoms with Crippen LogP contribution in [0, 0.1) is 0 Å². The van der Waals surface area contributed by atoms with Crippen molar-refractivity contribution in [3.63, 3.8) is 0 Å². The standard InChI is InChI=1S/C57H48N2.C2H6/c1-57(2)53-37-47(58(45-20-4-3-5-21-45)55-24-12-18-41-15-8-10-22-49(41)55)32-34-51(53)52-35-33-48(38-54(52)57)59(56-25-13-19-42-16-9-11-23-50(42)56)46-30-28-40(29-31-46)44-27-26-39-14-6-7-17-43(39)36-44;1-2/h3-7,10-14,17-28,30-38,40H,8-9,15-16,29H2,1-2H3;1-2H3. The Kier molecular flexibility index (Phi) is 10.2. The molecule has 4 aliphatic rings. The third-order valence-electron chi connectivity index (χ3n) is 13.3. The number of rotatable bonds is 7. The van der Waals surface area contributed by atoms with Crippen LogP contribution in [-0.2, 0) is 18.3 Å². The van der Waals surface area contributed by atoms with Crippen molar-refractivity contribution in [2.45, 2.75) is 71.1 Å². The molecule has 0 spiro atoms. The van der Waals surface area contributed by atoms with Crippen LogP contribution in [0.2, 0.25) is 0 Å². The first-order valence-electron chi connectivity index (χ1n) is 22.4. The fourth-order valence-corrected chi connectivity index (χ4v) is 10.2. The summed E-state index contributed by atoms with van der Waals surface area (Å²) in [5.41, 5.74) is 19.3. The molecule has 0 aromatic heterocycles. The Balaban J connectivity index is 0.00000220. The molecule has 0 fully saturated rings. The van der Waals surface area contributed by atoms with Crippen LogP contribution in [0.1, 0.15) is 91.8 Å². The van der Waals surface area contributed by atoms with Gasteiger partial charge in [0.25, 0.3) is 0 Å². The third-order valence-corrected chi connectivity index (χ3v) is 13.3. The van der Waals surface area contributed by atoms with Crippen LogP contribution in [0.15, 0.2) is 182 Å². The monoisotopic (exact) mass is 790 g/mol. The van der Waals surface area contributed by atoms with E-state index in [-0.39, 0.29) is 5.41 Å². The quantitative estimate of drug-likeness (QED) is 0.159. The van der Waals surface area contributed by atoms with Gasteiger partial charge in [-0.1, -0.05) is 161 Å². The molecule has 0 N–H and O–H groups in total. The zero-order valence-corrected chi connectivity index (χ0v) is 35.9. The highest BCUT2D eigenvalue weighted by Crippen LogP contribution is 2.53. The van der Waals surface area contributed by atoms with Crippen molar-refractivity contribution in [3.05, 3.63) is 221 Å². The lowest BCUT2D eigenvalue weighted by atomic mass is 9.82. The number of anilines is 5. The maximum absolute atomic E-state index is 2.52. The molecule has 0 aliphatic heterocycles. The van der Waals surface area contributed by atoms with Gasteiger partial charge in [0, 0.05) is 45.2 Å². The highest BCUT2D eigenvalue weighted by atomic mass is 15.2. The van der Waals surface area contributed by atoms with Crippen LogP contribution in [-0.4, -0.2) is 0 Å². The van der Waals surface area contributed by atoms with Crippen molar-refractivity contribution in [2.75, 3.05) is 9.80 Å². The second-order valence-corrected chi connectivity index (χ2v) is 17.1. The molecule has 2 heteroatoms. The molecule has 1 atom stereocenters. The van der Waals surface area contributed by atoms with E-state index in [4.69, 9.17) is 0 Å². The molecule has 0 bridgehead atoms. The van der Waals surface area contributed by atoms with Gasteiger partial charge in [0.2, 0.25) is 0 Å². The highest BCUT2D eigenvalue weighted by molar-refractivity contribution is 5.90. The molecule has 300 valence electrons. The van der Waals surface area contributed by atoms with Gasteiger partial charge in [-0.25, -0.2) is 0 Å². The second-order valence-electron chi connectivity index (χ2n) is 17.1. The Morgan fingerprint density at radius 2 is 1.10 bits per heavy atom. The minimum atomic E-state index is -0.214. The lowest BCUT2D eigenvalue weighted by Crippen LogP contribution is -2.21. The molecule has 61 heavy (non-hydrogen) atoms. The first-order valence-corrected chi connectivity index (χ1v) is 22.4. The molecule has 0 amide bonds. The zero-order valence-electron chi connectivity index (χ0n) is 35.9. The van der Waals surface area contributed by atoms with Gasteiger partial charge in [0.15, 0.2) is 0 Å². The second kappa shape index (κ2) is 16.1. The number of hydrogen-bond donors (Lipinski definition) is 0. The van der Waals surface area contributed by atoms with E-state index in [1.807, 2.05) is 13.8 Å². The predicted octanol–water partition coefficient (Wildman–Crippen LogP) is 16.3. The number of benzene rings is 7.